The van der Waals surface area contributed by atoms with Gasteiger partial charge in [0, 0.05) is 31.5 Å². The maximum absolute atomic E-state index is 12.5. The molecule has 5 nitrogen and oxygen atoms in total. The first-order valence-corrected chi connectivity index (χ1v) is 8.64. The van der Waals surface area contributed by atoms with Gasteiger partial charge >= 0.3 is 0 Å². The molecule has 1 N–H and O–H groups in total. The molecule has 2 aliphatic rings. The Morgan fingerprint density at radius 1 is 1.36 bits per heavy atom. The standard InChI is InChI=1S/C17H32N2O3/c1-6-22-15-11-14(20)17(15)7-9-19(10-8-17)13(4)16(21)18(5)12(2)3/h12-15,20H,6-11H2,1-5H3/t13-,14-,15+/m0/s1. The summed E-state index contributed by atoms with van der Waals surface area (Å²) >= 11 is 0. The number of amides is 1. The second-order valence-corrected chi connectivity index (χ2v) is 7.18. The normalized spacial score (nSPS) is 29.4. The molecule has 0 aromatic heterocycles. The van der Waals surface area contributed by atoms with Gasteiger partial charge in [-0.1, -0.05) is 0 Å². The Labute approximate surface area is 134 Å². The van der Waals surface area contributed by atoms with Gasteiger partial charge in [0.25, 0.3) is 0 Å². The van der Waals surface area contributed by atoms with E-state index in [4.69, 9.17) is 4.74 Å². The lowest BCUT2D eigenvalue weighted by atomic mass is 9.58. The van der Waals surface area contributed by atoms with Gasteiger partial charge in [0.15, 0.2) is 0 Å². The average molecular weight is 312 g/mol. The lowest BCUT2D eigenvalue weighted by molar-refractivity contribution is -0.211. The molecule has 0 bridgehead atoms. The quantitative estimate of drug-likeness (QED) is 0.836. The van der Waals surface area contributed by atoms with Crippen LogP contribution in [-0.2, 0) is 9.53 Å². The Balaban J connectivity index is 1.93. The highest BCUT2D eigenvalue weighted by Crippen LogP contribution is 2.51. The van der Waals surface area contributed by atoms with Gasteiger partial charge in [-0.3, -0.25) is 9.69 Å². The van der Waals surface area contributed by atoms with E-state index in [1.807, 2.05) is 39.6 Å². The fraction of sp³-hybridized carbons (Fsp3) is 0.941. The summed E-state index contributed by atoms with van der Waals surface area (Å²) in [6.45, 7) is 10.5. The maximum Gasteiger partial charge on any atom is 0.239 e. The number of piperidine rings is 1. The average Bonchev–Trinajstić information content (AvgIpc) is 2.52. The minimum atomic E-state index is -0.240. The van der Waals surface area contributed by atoms with Crippen LogP contribution in [-0.4, -0.2) is 71.8 Å². The summed E-state index contributed by atoms with van der Waals surface area (Å²) in [4.78, 5) is 16.5. The zero-order valence-electron chi connectivity index (χ0n) is 14.7. The van der Waals surface area contributed by atoms with Crippen LogP contribution in [0.1, 0.15) is 47.0 Å². The van der Waals surface area contributed by atoms with Crippen molar-refractivity contribution in [2.24, 2.45) is 5.41 Å². The minimum Gasteiger partial charge on any atom is -0.392 e. The number of carbonyl (C=O) groups is 1. The summed E-state index contributed by atoms with van der Waals surface area (Å²) < 4.78 is 5.80. The number of rotatable bonds is 5. The second-order valence-electron chi connectivity index (χ2n) is 7.18. The van der Waals surface area contributed by atoms with Gasteiger partial charge in [0.05, 0.1) is 18.2 Å². The van der Waals surface area contributed by atoms with E-state index in [9.17, 15) is 9.90 Å². The van der Waals surface area contributed by atoms with Crippen molar-refractivity contribution in [3.8, 4) is 0 Å². The van der Waals surface area contributed by atoms with E-state index < -0.39 is 0 Å². The van der Waals surface area contributed by atoms with Crippen molar-refractivity contribution < 1.29 is 14.6 Å². The van der Waals surface area contributed by atoms with Crippen molar-refractivity contribution in [2.45, 2.75) is 71.2 Å². The molecule has 0 radical (unpaired) electrons. The molecule has 0 aromatic carbocycles. The third kappa shape index (κ3) is 3.03. The van der Waals surface area contributed by atoms with E-state index >= 15 is 0 Å². The highest BCUT2D eigenvalue weighted by molar-refractivity contribution is 5.81. The minimum absolute atomic E-state index is 0.0702. The molecule has 22 heavy (non-hydrogen) atoms. The Kier molecular flexibility index (Phi) is 5.51. The third-order valence-corrected chi connectivity index (χ3v) is 5.87. The van der Waals surface area contributed by atoms with Crippen LogP contribution in [0.5, 0.6) is 0 Å². The highest BCUT2D eigenvalue weighted by Gasteiger charge is 2.56. The number of likely N-dealkylation sites (tertiary alicyclic amines) is 1. The topological polar surface area (TPSA) is 53.0 Å². The molecule has 1 heterocycles. The molecule has 1 aliphatic heterocycles. The molecule has 0 aromatic rings. The van der Waals surface area contributed by atoms with Crippen molar-refractivity contribution in [3.05, 3.63) is 0 Å². The zero-order chi connectivity index (χ0) is 16.5. The molecule has 5 heteroatoms. The van der Waals surface area contributed by atoms with Gasteiger partial charge in [-0.05, 0) is 53.6 Å². The number of aliphatic hydroxyl groups excluding tert-OH is 1. The van der Waals surface area contributed by atoms with Crippen molar-refractivity contribution in [3.63, 3.8) is 0 Å². The van der Waals surface area contributed by atoms with Crippen LogP contribution in [0, 0.1) is 5.41 Å². The molecule has 1 amide bonds. The SMILES string of the molecule is CCO[C@@H]1C[C@H](O)C12CCN([C@@H](C)C(=O)N(C)C(C)C)CC2. The molecule has 2 fully saturated rings. The van der Waals surface area contributed by atoms with Crippen LogP contribution in [0.2, 0.25) is 0 Å². The fourth-order valence-electron chi connectivity index (χ4n) is 3.85. The van der Waals surface area contributed by atoms with Gasteiger partial charge in [-0.15, -0.1) is 0 Å². The first kappa shape index (κ1) is 17.7. The van der Waals surface area contributed by atoms with E-state index in [0.29, 0.717) is 6.61 Å². The summed E-state index contributed by atoms with van der Waals surface area (Å²) in [5.74, 6) is 0.182. The zero-order valence-corrected chi connectivity index (χ0v) is 14.7. The predicted molar refractivity (Wildman–Crippen MR) is 86.6 cm³/mol. The molecule has 1 spiro atoms. The molecule has 1 aliphatic carbocycles. The third-order valence-electron chi connectivity index (χ3n) is 5.87. The monoisotopic (exact) mass is 312 g/mol. The van der Waals surface area contributed by atoms with Crippen LogP contribution < -0.4 is 0 Å². The first-order chi connectivity index (χ1) is 10.3. The van der Waals surface area contributed by atoms with Crippen molar-refractivity contribution in [1.29, 1.82) is 0 Å². The van der Waals surface area contributed by atoms with Crippen molar-refractivity contribution in [2.75, 3.05) is 26.7 Å². The highest BCUT2D eigenvalue weighted by atomic mass is 16.5. The van der Waals surface area contributed by atoms with Gasteiger partial charge in [-0.2, -0.15) is 0 Å². The molecule has 3 atom stereocenters. The first-order valence-electron chi connectivity index (χ1n) is 8.64. The van der Waals surface area contributed by atoms with Gasteiger partial charge in [-0.25, -0.2) is 0 Å². The lowest BCUT2D eigenvalue weighted by Gasteiger charge is -2.57. The fourth-order valence-corrected chi connectivity index (χ4v) is 3.85. The van der Waals surface area contributed by atoms with Crippen LogP contribution in [0.3, 0.4) is 0 Å². The smallest absolute Gasteiger partial charge is 0.239 e. The number of ether oxygens (including phenoxy) is 1. The van der Waals surface area contributed by atoms with Crippen molar-refractivity contribution in [1.82, 2.24) is 9.80 Å². The second kappa shape index (κ2) is 6.85. The van der Waals surface area contributed by atoms with Crippen LogP contribution in [0.15, 0.2) is 0 Å². The van der Waals surface area contributed by atoms with E-state index in [0.717, 1.165) is 32.4 Å². The van der Waals surface area contributed by atoms with Crippen LogP contribution in [0.25, 0.3) is 0 Å². The predicted octanol–water partition coefficient (Wildman–Crippen LogP) is 1.49. The molecule has 1 saturated heterocycles. The van der Waals surface area contributed by atoms with Crippen molar-refractivity contribution >= 4 is 5.91 Å². The van der Waals surface area contributed by atoms with E-state index in [2.05, 4.69) is 4.90 Å². The number of carbonyl (C=O) groups excluding carboxylic acids is 1. The van der Waals surface area contributed by atoms with E-state index in [1.165, 1.54) is 0 Å². The Morgan fingerprint density at radius 3 is 2.41 bits per heavy atom. The van der Waals surface area contributed by atoms with E-state index in [-0.39, 0.29) is 35.6 Å². The van der Waals surface area contributed by atoms with Gasteiger partial charge in [0.1, 0.15) is 0 Å². The van der Waals surface area contributed by atoms with E-state index in [1.54, 1.807) is 0 Å². The Bertz CT molecular complexity index is 389. The number of likely N-dealkylation sites (N-methyl/N-ethyl adjacent to an activating group) is 1. The summed E-state index contributed by atoms with van der Waals surface area (Å²) in [7, 11) is 1.87. The summed E-state index contributed by atoms with van der Waals surface area (Å²) in [5.41, 5.74) is -0.0702. The maximum atomic E-state index is 12.5. The number of aliphatic hydroxyl groups is 1. The number of nitrogens with zero attached hydrogens (tertiary/aromatic N) is 2. The molecule has 1 saturated carbocycles. The lowest BCUT2D eigenvalue weighted by Crippen LogP contribution is -2.63. The Morgan fingerprint density at radius 2 is 1.95 bits per heavy atom. The molecule has 0 unspecified atom stereocenters. The summed E-state index contributed by atoms with van der Waals surface area (Å²) in [6, 6.07) is 0.134. The largest absolute Gasteiger partial charge is 0.392 e. The van der Waals surface area contributed by atoms with Crippen LogP contribution in [0.4, 0.5) is 0 Å². The molecule has 2 rings (SSSR count). The molecule has 128 valence electrons. The Hall–Kier alpha value is -0.650. The summed E-state index contributed by atoms with van der Waals surface area (Å²) in [6.07, 6.45) is 2.55. The summed E-state index contributed by atoms with van der Waals surface area (Å²) in [5, 5.41) is 10.2. The van der Waals surface area contributed by atoms with Crippen LogP contribution >= 0.6 is 0 Å². The molecular formula is C17H32N2O3. The number of hydrogen-bond acceptors (Lipinski definition) is 4. The molecular weight excluding hydrogens is 280 g/mol. The number of hydrogen-bond donors (Lipinski definition) is 1. The van der Waals surface area contributed by atoms with Gasteiger partial charge in [0.2, 0.25) is 5.91 Å². The van der Waals surface area contributed by atoms with Gasteiger partial charge < -0.3 is 14.7 Å².